The molecule has 9 nitrogen and oxygen atoms in total. The van der Waals surface area contributed by atoms with Gasteiger partial charge in [0.25, 0.3) is 5.69 Å². The monoisotopic (exact) mass is 419 g/mol. The zero-order chi connectivity index (χ0) is 21.0. The standard InChI is InChI=1S/C19H21N3O6S/c1-15-7-8-17(22(24)25)13-18(15)29(26,27)21-11-9-20(10-12-21)19(23)28-14-16-5-3-2-4-6-16/h2-8,13H,9-12,14H2,1H3. The lowest BCUT2D eigenvalue weighted by atomic mass is 10.2. The third kappa shape index (κ3) is 4.72. The van der Waals surface area contributed by atoms with Crippen molar-refractivity contribution < 1.29 is 22.9 Å². The van der Waals surface area contributed by atoms with E-state index < -0.39 is 21.0 Å². The Bertz CT molecular complexity index is 1000. The van der Waals surface area contributed by atoms with Crippen molar-refractivity contribution >= 4 is 21.8 Å². The predicted molar refractivity (Wildman–Crippen MR) is 105 cm³/mol. The molecule has 1 heterocycles. The third-order valence-corrected chi connectivity index (χ3v) is 6.74. The molecule has 0 spiro atoms. The number of carbonyl (C=O) groups excluding carboxylic acids is 1. The van der Waals surface area contributed by atoms with E-state index in [-0.39, 0.29) is 43.4 Å². The number of hydrogen-bond donors (Lipinski definition) is 0. The molecule has 1 aliphatic heterocycles. The molecule has 29 heavy (non-hydrogen) atoms. The lowest BCUT2D eigenvalue weighted by Crippen LogP contribution is -2.50. The highest BCUT2D eigenvalue weighted by Crippen LogP contribution is 2.25. The van der Waals surface area contributed by atoms with Crippen LogP contribution in [0.4, 0.5) is 10.5 Å². The molecule has 1 aliphatic rings. The van der Waals surface area contributed by atoms with Gasteiger partial charge in [-0.3, -0.25) is 10.1 Å². The van der Waals surface area contributed by atoms with Crippen LogP contribution in [0.25, 0.3) is 0 Å². The first-order valence-electron chi connectivity index (χ1n) is 9.00. The number of sulfonamides is 1. The van der Waals surface area contributed by atoms with Crippen molar-refractivity contribution in [3.63, 3.8) is 0 Å². The number of ether oxygens (including phenoxy) is 1. The number of amides is 1. The number of nitro benzene ring substituents is 1. The van der Waals surface area contributed by atoms with E-state index in [0.29, 0.717) is 5.56 Å². The Labute approximate surface area is 168 Å². The molecule has 1 amide bonds. The van der Waals surface area contributed by atoms with Crippen LogP contribution in [0.3, 0.4) is 0 Å². The van der Waals surface area contributed by atoms with Gasteiger partial charge in [0.15, 0.2) is 0 Å². The summed E-state index contributed by atoms with van der Waals surface area (Å²) in [6.45, 7) is 2.27. The van der Waals surface area contributed by atoms with E-state index in [1.807, 2.05) is 30.3 Å². The SMILES string of the molecule is Cc1ccc([N+](=O)[O-])cc1S(=O)(=O)N1CCN(C(=O)OCc2ccccc2)CC1. The van der Waals surface area contributed by atoms with Gasteiger partial charge in [-0.1, -0.05) is 36.4 Å². The van der Waals surface area contributed by atoms with Gasteiger partial charge < -0.3 is 9.64 Å². The molecular weight excluding hydrogens is 398 g/mol. The van der Waals surface area contributed by atoms with Gasteiger partial charge in [-0.2, -0.15) is 4.31 Å². The fourth-order valence-corrected chi connectivity index (χ4v) is 4.71. The number of hydrogen-bond acceptors (Lipinski definition) is 6. The van der Waals surface area contributed by atoms with Crippen LogP contribution in [0, 0.1) is 17.0 Å². The summed E-state index contributed by atoms with van der Waals surface area (Å²) < 4.78 is 32.4. The summed E-state index contributed by atoms with van der Waals surface area (Å²) in [4.78, 5) is 24.0. The van der Waals surface area contributed by atoms with Crippen LogP contribution in [0.5, 0.6) is 0 Å². The maximum Gasteiger partial charge on any atom is 0.410 e. The highest BCUT2D eigenvalue weighted by Gasteiger charge is 2.32. The van der Waals surface area contributed by atoms with Crippen molar-refractivity contribution in [1.29, 1.82) is 0 Å². The summed E-state index contributed by atoms with van der Waals surface area (Å²) in [6.07, 6.45) is -0.502. The largest absolute Gasteiger partial charge is 0.445 e. The number of piperazine rings is 1. The van der Waals surface area contributed by atoms with Crippen molar-refractivity contribution in [2.45, 2.75) is 18.4 Å². The van der Waals surface area contributed by atoms with E-state index in [1.165, 1.54) is 21.3 Å². The molecule has 2 aromatic rings. The topological polar surface area (TPSA) is 110 Å². The summed E-state index contributed by atoms with van der Waals surface area (Å²) in [5.74, 6) is 0. The van der Waals surface area contributed by atoms with Crippen molar-refractivity contribution in [3.05, 3.63) is 69.8 Å². The molecule has 1 fully saturated rings. The molecule has 0 aromatic heterocycles. The number of aryl methyl sites for hydroxylation is 1. The Morgan fingerprint density at radius 1 is 1.10 bits per heavy atom. The van der Waals surface area contributed by atoms with Crippen molar-refractivity contribution in [2.75, 3.05) is 26.2 Å². The van der Waals surface area contributed by atoms with Crippen LogP contribution in [0.15, 0.2) is 53.4 Å². The lowest BCUT2D eigenvalue weighted by Gasteiger charge is -2.33. The van der Waals surface area contributed by atoms with E-state index >= 15 is 0 Å². The van der Waals surface area contributed by atoms with Gasteiger partial charge in [-0.15, -0.1) is 0 Å². The highest BCUT2D eigenvalue weighted by molar-refractivity contribution is 7.89. The molecule has 0 unspecified atom stereocenters. The Morgan fingerprint density at radius 3 is 2.38 bits per heavy atom. The molecule has 0 radical (unpaired) electrons. The van der Waals surface area contributed by atoms with Crippen molar-refractivity contribution in [2.24, 2.45) is 0 Å². The number of non-ortho nitro benzene ring substituents is 1. The summed E-state index contributed by atoms with van der Waals surface area (Å²) in [5.41, 5.74) is 1.01. The second-order valence-electron chi connectivity index (χ2n) is 6.64. The Morgan fingerprint density at radius 2 is 1.76 bits per heavy atom. The van der Waals surface area contributed by atoms with Crippen molar-refractivity contribution in [1.82, 2.24) is 9.21 Å². The van der Waals surface area contributed by atoms with Crippen LogP contribution in [0.2, 0.25) is 0 Å². The second-order valence-corrected chi connectivity index (χ2v) is 8.54. The number of rotatable bonds is 5. The molecule has 0 aliphatic carbocycles. The minimum absolute atomic E-state index is 0.0882. The molecule has 1 saturated heterocycles. The average molecular weight is 419 g/mol. The van der Waals surface area contributed by atoms with Gasteiger partial charge in [0, 0.05) is 38.3 Å². The molecule has 0 saturated carbocycles. The van der Waals surface area contributed by atoms with E-state index in [2.05, 4.69) is 0 Å². The Kier molecular flexibility index (Phi) is 6.14. The number of benzene rings is 2. The molecule has 2 aromatic carbocycles. The maximum atomic E-state index is 12.9. The smallest absolute Gasteiger partial charge is 0.410 e. The summed E-state index contributed by atoms with van der Waals surface area (Å²) >= 11 is 0. The molecule has 0 N–H and O–H groups in total. The van der Waals surface area contributed by atoms with Gasteiger partial charge in [0.1, 0.15) is 6.61 Å². The minimum atomic E-state index is -3.90. The Hall–Kier alpha value is -2.98. The fraction of sp³-hybridized carbons (Fsp3) is 0.316. The van der Waals surface area contributed by atoms with E-state index in [4.69, 9.17) is 4.74 Å². The number of carbonyl (C=O) groups is 1. The minimum Gasteiger partial charge on any atom is -0.445 e. The normalized spacial score (nSPS) is 15.1. The van der Waals surface area contributed by atoms with Gasteiger partial charge >= 0.3 is 6.09 Å². The molecular formula is C19H21N3O6S. The van der Waals surface area contributed by atoms with Gasteiger partial charge in [0.2, 0.25) is 10.0 Å². The molecule has 10 heteroatoms. The molecule has 3 rings (SSSR count). The summed E-state index contributed by atoms with van der Waals surface area (Å²) in [7, 11) is -3.90. The van der Waals surface area contributed by atoms with Crippen LogP contribution >= 0.6 is 0 Å². The third-order valence-electron chi connectivity index (χ3n) is 4.70. The molecule has 0 bridgehead atoms. The maximum absolute atomic E-state index is 12.9. The predicted octanol–water partition coefficient (Wildman–Crippen LogP) is 2.55. The fourth-order valence-electron chi connectivity index (χ4n) is 3.04. The first-order valence-corrected chi connectivity index (χ1v) is 10.4. The highest BCUT2D eigenvalue weighted by atomic mass is 32.2. The van der Waals surface area contributed by atoms with Gasteiger partial charge in [0.05, 0.1) is 9.82 Å². The number of nitro groups is 1. The van der Waals surface area contributed by atoms with Crippen LogP contribution in [-0.2, 0) is 21.4 Å². The number of nitrogens with zero attached hydrogens (tertiary/aromatic N) is 3. The van der Waals surface area contributed by atoms with E-state index in [9.17, 15) is 23.3 Å². The van der Waals surface area contributed by atoms with E-state index in [0.717, 1.165) is 11.6 Å². The van der Waals surface area contributed by atoms with Crippen molar-refractivity contribution in [3.8, 4) is 0 Å². The van der Waals surface area contributed by atoms with E-state index in [1.54, 1.807) is 6.92 Å². The Balaban J connectivity index is 1.63. The summed E-state index contributed by atoms with van der Waals surface area (Å²) in [5, 5.41) is 11.0. The van der Waals surface area contributed by atoms with Gasteiger partial charge in [-0.05, 0) is 18.1 Å². The zero-order valence-electron chi connectivity index (χ0n) is 15.9. The summed E-state index contributed by atoms with van der Waals surface area (Å²) in [6, 6.07) is 13.0. The van der Waals surface area contributed by atoms with Crippen LogP contribution in [0.1, 0.15) is 11.1 Å². The zero-order valence-corrected chi connectivity index (χ0v) is 16.7. The lowest BCUT2D eigenvalue weighted by molar-refractivity contribution is -0.385. The van der Waals surface area contributed by atoms with Crippen LogP contribution in [-0.4, -0.2) is 54.8 Å². The average Bonchev–Trinajstić information content (AvgIpc) is 2.73. The molecule has 0 atom stereocenters. The first-order chi connectivity index (χ1) is 13.8. The molecule has 154 valence electrons. The second kappa shape index (κ2) is 8.58. The quantitative estimate of drug-likeness (QED) is 0.544. The van der Waals surface area contributed by atoms with Crippen LogP contribution < -0.4 is 0 Å². The van der Waals surface area contributed by atoms with Gasteiger partial charge in [-0.25, -0.2) is 13.2 Å². The first kappa shape index (κ1) is 20.7.